The molecule has 0 saturated heterocycles. The summed E-state index contributed by atoms with van der Waals surface area (Å²) in [6, 6.07) is 1.01. The van der Waals surface area contributed by atoms with Crippen LogP contribution in [0.5, 0.6) is 5.75 Å². The molecule has 0 atom stereocenters. The SMILES string of the molecule is COc1cc(F)c2c(c1F)C(=O)CCCC2. The fraction of sp³-hybridized carbons (Fsp3) is 0.417. The lowest BCUT2D eigenvalue weighted by atomic mass is 10.0. The Bertz CT molecular complexity index is 441. The van der Waals surface area contributed by atoms with Crippen molar-refractivity contribution >= 4 is 5.78 Å². The van der Waals surface area contributed by atoms with Crippen LogP contribution in [0.1, 0.15) is 35.2 Å². The van der Waals surface area contributed by atoms with Gasteiger partial charge >= 0.3 is 0 Å². The van der Waals surface area contributed by atoms with Crippen LogP contribution in [0.15, 0.2) is 6.07 Å². The van der Waals surface area contributed by atoms with Crippen LogP contribution >= 0.6 is 0 Å². The largest absolute Gasteiger partial charge is 0.494 e. The van der Waals surface area contributed by atoms with Crippen molar-refractivity contribution in [1.29, 1.82) is 0 Å². The molecule has 4 heteroatoms. The second kappa shape index (κ2) is 4.20. The quantitative estimate of drug-likeness (QED) is 0.688. The monoisotopic (exact) mass is 226 g/mol. The summed E-state index contributed by atoms with van der Waals surface area (Å²) >= 11 is 0. The van der Waals surface area contributed by atoms with E-state index in [1.807, 2.05) is 0 Å². The molecule has 1 aliphatic rings. The normalized spacial score (nSPS) is 15.6. The van der Waals surface area contributed by atoms with E-state index in [0.29, 0.717) is 19.3 Å². The summed E-state index contributed by atoms with van der Waals surface area (Å²) < 4.78 is 32.2. The van der Waals surface area contributed by atoms with E-state index in [-0.39, 0.29) is 29.1 Å². The lowest BCUT2D eigenvalue weighted by molar-refractivity contribution is 0.0977. The van der Waals surface area contributed by atoms with Gasteiger partial charge in [-0.2, -0.15) is 0 Å². The Kier molecular flexibility index (Phi) is 2.90. The number of carbonyl (C=O) groups is 1. The van der Waals surface area contributed by atoms with Gasteiger partial charge in [0.05, 0.1) is 12.7 Å². The highest BCUT2D eigenvalue weighted by Crippen LogP contribution is 2.31. The Morgan fingerprint density at radius 2 is 1.94 bits per heavy atom. The average Bonchev–Trinajstić information content (AvgIpc) is 2.46. The second-order valence-electron chi connectivity index (χ2n) is 3.86. The Hall–Kier alpha value is -1.45. The van der Waals surface area contributed by atoms with E-state index >= 15 is 0 Å². The number of hydrogen-bond donors (Lipinski definition) is 0. The van der Waals surface area contributed by atoms with Crippen LogP contribution < -0.4 is 4.74 Å². The Balaban J connectivity index is 2.67. The van der Waals surface area contributed by atoms with Gasteiger partial charge in [0, 0.05) is 18.1 Å². The minimum absolute atomic E-state index is 0.116. The summed E-state index contributed by atoms with van der Waals surface area (Å²) in [6.45, 7) is 0. The van der Waals surface area contributed by atoms with E-state index < -0.39 is 11.6 Å². The summed E-state index contributed by atoms with van der Waals surface area (Å²) in [5, 5.41) is 0. The van der Waals surface area contributed by atoms with Crippen LogP contribution in [0.25, 0.3) is 0 Å². The Morgan fingerprint density at radius 3 is 2.62 bits per heavy atom. The summed E-state index contributed by atoms with van der Waals surface area (Å²) in [5.41, 5.74) is 0.0788. The summed E-state index contributed by atoms with van der Waals surface area (Å²) in [4.78, 5) is 11.7. The molecule has 0 N–H and O–H groups in total. The van der Waals surface area contributed by atoms with Crippen molar-refractivity contribution in [2.75, 3.05) is 7.11 Å². The molecule has 0 heterocycles. The summed E-state index contributed by atoms with van der Waals surface area (Å²) in [6.07, 6.45) is 2.07. The van der Waals surface area contributed by atoms with E-state index in [1.165, 1.54) is 7.11 Å². The molecular formula is C12H12F2O2. The molecule has 0 unspecified atom stereocenters. The molecule has 1 aromatic carbocycles. The predicted octanol–water partition coefficient (Wildman–Crippen LogP) is 2.88. The van der Waals surface area contributed by atoms with Gasteiger partial charge in [0.25, 0.3) is 0 Å². The number of benzene rings is 1. The zero-order valence-corrected chi connectivity index (χ0v) is 8.98. The molecule has 0 radical (unpaired) electrons. The van der Waals surface area contributed by atoms with Gasteiger partial charge in [-0.15, -0.1) is 0 Å². The number of rotatable bonds is 1. The van der Waals surface area contributed by atoms with E-state index in [4.69, 9.17) is 4.74 Å². The maximum absolute atomic E-state index is 13.9. The summed E-state index contributed by atoms with van der Waals surface area (Å²) in [7, 11) is 1.26. The van der Waals surface area contributed by atoms with Crippen molar-refractivity contribution in [3.63, 3.8) is 0 Å². The van der Waals surface area contributed by atoms with Crippen molar-refractivity contribution in [1.82, 2.24) is 0 Å². The average molecular weight is 226 g/mol. The van der Waals surface area contributed by atoms with E-state index in [0.717, 1.165) is 6.07 Å². The highest BCUT2D eigenvalue weighted by atomic mass is 19.1. The van der Waals surface area contributed by atoms with Gasteiger partial charge in [0.1, 0.15) is 5.82 Å². The first kappa shape index (κ1) is 11.0. The maximum Gasteiger partial charge on any atom is 0.176 e. The molecule has 0 bridgehead atoms. The first-order valence-electron chi connectivity index (χ1n) is 5.23. The van der Waals surface area contributed by atoms with Gasteiger partial charge in [-0.1, -0.05) is 0 Å². The predicted molar refractivity (Wildman–Crippen MR) is 54.8 cm³/mol. The highest BCUT2D eigenvalue weighted by Gasteiger charge is 2.25. The van der Waals surface area contributed by atoms with Gasteiger partial charge in [0.2, 0.25) is 0 Å². The standard InChI is InChI=1S/C12H12F2O2/c1-16-10-6-8(13)7-4-2-3-5-9(15)11(7)12(10)14/h6H,2-5H2,1H3. The second-order valence-corrected chi connectivity index (χ2v) is 3.86. The molecular weight excluding hydrogens is 214 g/mol. The van der Waals surface area contributed by atoms with Crippen molar-refractivity contribution in [2.24, 2.45) is 0 Å². The number of Topliss-reactive ketones (excluding diaryl/α,β-unsaturated/α-hetero) is 1. The smallest absolute Gasteiger partial charge is 0.176 e. The maximum atomic E-state index is 13.9. The minimum atomic E-state index is -0.731. The zero-order valence-electron chi connectivity index (χ0n) is 8.98. The lowest BCUT2D eigenvalue weighted by Gasteiger charge is -2.10. The van der Waals surface area contributed by atoms with E-state index in [1.54, 1.807) is 0 Å². The van der Waals surface area contributed by atoms with Gasteiger partial charge in [0.15, 0.2) is 17.3 Å². The third kappa shape index (κ3) is 1.68. The first-order chi connectivity index (χ1) is 7.65. The van der Waals surface area contributed by atoms with Crippen molar-refractivity contribution in [3.8, 4) is 5.75 Å². The van der Waals surface area contributed by atoms with Crippen LogP contribution in [0, 0.1) is 11.6 Å². The number of carbonyl (C=O) groups excluding carboxylic acids is 1. The van der Waals surface area contributed by atoms with Crippen molar-refractivity contribution in [2.45, 2.75) is 25.7 Å². The molecule has 0 amide bonds. The van der Waals surface area contributed by atoms with Crippen molar-refractivity contribution < 1.29 is 18.3 Å². The van der Waals surface area contributed by atoms with Gasteiger partial charge in [-0.05, 0) is 19.3 Å². The number of hydrogen-bond acceptors (Lipinski definition) is 2. The minimum Gasteiger partial charge on any atom is -0.494 e. The van der Waals surface area contributed by atoms with Crippen LogP contribution in [-0.2, 0) is 6.42 Å². The molecule has 0 spiro atoms. The van der Waals surface area contributed by atoms with Crippen molar-refractivity contribution in [3.05, 3.63) is 28.8 Å². The third-order valence-electron chi connectivity index (χ3n) is 2.86. The molecule has 0 aliphatic heterocycles. The molecule has 1 aromatic rings. The molecule has 0 fully saturated rings. The fourth-order valence-electron chi connectivity index (χ4n) is 2.04. The summed E-state index contributed by atoms with van der Waals surface area (Å²) in [5.74, 6) is -1.82. The third-order valence-corrected chi connectivity index (χ3v) is 2.86. The zero-order chi connectivity index (χ0) is 11.7. The number of halogens is 2. The van der Waals surface area contributed by atoms with Crippen LogP contribution in [0.3, 0.4) is 0 Å². The molecule has 2 rings (SSSR count). The molecule has 0 saturated carbocycles. The number of methoxy groups -OCH3 is 1. The molecule has 16 heavy (non-hydrogen) atoms. The first-order valence-corrected chi connectivity index (χ1v) is 5.23. The Morgan fingerprint density at radius 1 is 1.25 bits per heavy atom. The Labute approximate surface area is 92.2 Å². The topological polar surface area (TPSA) is 26.3 Å². The van der Waals surface area contributed by atoms with Gasteiger partial charge in [-0.3, -0.25) is 4.79 Å². The lowest BCUT2D eigenvalue weighted by Crippen LogP contribution is -2.08. The van der Waals surface area contributed by atoms with E-state index in [2.05, 4.69) is 0 Å². The number of ketones is 1. The number of fused-ring (bicyclic) bond motifs is 1. The van der Waals surface area contributed by atoms with Gasteiger partial charge < -0.3 is 4.74 Å². The number of ether oxygens (including phenoxy) is 1. The van der Waals surface area contributed by atoms with Gasteiger partial charge in [-0.25, -0.2) is 8.78 Å². The highest BCUT2D eigenvalue weighted by molar-refractivity contribution is 5.98. The molecule has 1 aliphatic carbocycles. The van der Waals surface area contributed by atoms with E-state index in [9.17, 15) is 13.6 Å². The molecule has 0 aromatic heterocycles. The van der Waals surface area contributed by atoms with Crippen LogP contribution in [0.2, 0.25) is 0 Å². The molecule has 2 nitrogen and oxygen atoms in total. The molecule has 86 valence electrons. The van der Waals surface area contributed by atoms with Crippen LogP contribution in [0.4, 0.5) is 8.78 Å². The van der Waals surface area contributed by atoms with Crippen LogP contribution in [-0.4, -0.2) is 12.9 Å². The fourth-order valence-corrected chi connectivity index (χ4v) is 2.04.